The van der Waals surface area contributed by atoms with Gasteiger partial charge < -0.3 is 20.0 Å². The quantitative estimate of drug-likeness (QED) is 0.570. The normalized spacial score (nSPS) is 28.4. The number of likely N-dealkylation sites (tertiary alicyclic amines) is 2. The number of benzene rings is 2. The highest BCUT2D eigenvalue weighted by Gasteiger charge is 2.50. The Hall–Kier alpha value is -3.21. The van der Waals surface area contributed by atoms with E-state index in [-0.39, 0.29) is 31.7 Å². The Morgan fingerprint density at radius 2 is 1.51 bits per heavy atom. The van der Waals surface area contributed by atoms with Crippen molar-refractivity contribution in [2.45, 2.75) is 31.5 Å². The molecule has 0 radical (unpaired) electrons. The lowest BCUT2D eigenvalue weighted by molar-refractivity contribution is -0.153. The van der Waals surface area contributed by atoms with E-state index >= 15 is 0 Å². The van der Waals surface area contributed by atoms with Gasteiger partial charge in [-0.25, -0.2) is 13.6 Å². The SMILES string of the molecule is C[C@@H]1CN(C(=O)[C@@H]2CN(C(=O)O)C[C@H]2c2ccc(F)cc2F)C[C@H](C)C1(O)c1ccc(C(F)(F)F)cc1. The molecule has 6 nitrogen and oxygen atoms in total. The lowest BCUT2D eigenvalue weighted by Crippen LogP contribution is -2.57. The van der Waals surface area contributed by atoms with Crippen molar-refractivity contribution >= 4 is 12.0 Å². The van der Waals surface area contributed by atoms with Crippen LogP contribution in [0.15, 0.2) is 42.5 Å². The fraction of sp³-hybridized carbons (Fsp3) is 0.462. The van der Waals surface area contributed by atoms with Crippen molar-refractivity contribution in [3.05, 3.63) is 70.8 Å². The molecular weight excluding hydrogens is 499 g/mol. The molecular formula is C26H27F5N2O4. The molecule has 2 aliphatic rings. The summed E-state index contributed by atoms with van der Waals surface area (Å²) in [4.78, 5) is 27.8. The van der Waals surface area contributed by atoms with Crippen molar-refractivity contribution in [2.75, 3.05) is 26.2 Å². The lowest BCUT2D eigenvalue weighted by atomic mass is 9.70. The molecule has 2 aromatic rings. The third-order valence-electron chi connectivity index (χ3n) is 7.75. The van der Waals surface area contributed by atoms with Gasteiger partial charge >= 0.3 is 12.3 Å². The number of carbonyl (C=O) groups excluding carboxylic acids is 1. The Labute approximate surface area is 210 Å². The topological polar surface area (TPSA) is 81.1 Å². The van der Waals surface area contributed by atoms with Crippen molar-refractivity contribution in [1.29, 1.82) is 0 Å². The molecule has 2 aromatic carbocycles. The molecule has 2 fully saturated rings. The molecule has 4 rings (SSSR count). The minimum atomic E-state index is -4.51. The van der Waals surface area contributed by atoms with Gasteiger partial charge in [0.2, 0.25) is 5.91 Å². The molecule has 2 saturated heterocycles. The molecule has 200 valence electrons. The number of carbonyl (C=O) groups is 2. The Balaban J connectivity index is 1.58. The molecule has 2 N–H and O–H groups in total. The maximum Gasteiger partial charge on any atom is 0.416 e. The fourth-order valence-electron chi connectivity index (χ4n) is 5.74. The van der Waals surface area contributed by atoms with Crippen molar-refractivity contribution in [3.8, 4) is 0 Å². The Morgan fingerprint density at radius 3 is 2.03 bits per heavy atom. The second kappa shape index (κ2) is 9.59. The van der Waals surface area contributed by atoms with Gasteiger partial charge in [0.05, 0.1) is 17.1 Å². The van der Waals surface area contributed by atoms with Gasteiger partial charge in [-0.1, -0.05) is 32.0 Å². The third kappa shape index (κ3) is 4.88. The summed E-state index contributed by atoms with van der Waals surface area (Å²) in [7, 11) is 0. The number of nitrogens with zero attached hydrogens (tertiary/aromatic N) is 2. The number of amides is 2. The highest BCUT2D eigenvalue weighted by atomic mass is 19.4. The van der Waals surface area contributed by atoms with Crippen LogP contribution < -0.4 is 0 Å². The second-order valence-electron chi connectivity index (χ2n) is 10.0. The molecule has 2 amide bonds. The number of alkyl halides is 3. The van der Waals surface area contributed by atoms with Crippen LogP contribution in [0.4, 0.5) is 26.7 Å². The van der Waals surface area contributed by atoms with E-state index in [1.54, 1.807) is 13.8 Å². The van der Waals surface area contributed by atoms with Crippen LogP contribution in [0.1, 0.15) is 36.5 Å². The van der Waals surface area contributed by atoms with Crippen molar-refractivity contribution in [1.82, 2.24) is 9.80 Å². The van der Waals surface area contributed by atoms with E-state index in [0.29, 0.717) is 11.6 Å². The maximum atomic E-state index is 14.6. The van der Waals surface area contributed by atoms with Crippen molar-refractivity contribution in [2.24, 2.45) is 17.8 Å². The van der Waals surface area contributed by atoms with Gasteiger partial charge in [0.25, 0.3) is 0 Å². The van der Waals surface area contributed by atoms with Crippen LogP contribution in [-0.2, 0) is 16.6 Å². The van der Waals surface area contributed by atoms with E-state index in [1.807, 2.05) is 0 Å². The van der Waals surface area contributed by atoms with E-state index < -0.39 is 64.6 Å². The van der Waals surface area contributed by atoms with E-state index in [9.17, 15) is 41.8 Å². The highest BCUT2D eigenvalue weighted by Crippen LogP contribution is 2.44. The first-order chi connectivity index (χ1) is 17.2. The van der Waals surface area contributed by atoms with Crippen molar-refractivity contribution in [3.63, 3.8) is 0 Å². The average Bonchev–Trinajstić information content (AvgIpc) is 3.26. The lowest BCUT2D eigenvalue weighted by Gasteiger charge is -2.48. The summed E-state index contributed by atoms with van der Waals surface area (Å²) in [6.07, 6.45) is -5.78. The van der Waals surface area contributed by atoms with Crippen LogP contribution in [0, 0.1) is 29.4 Å². The van der Waals surface area contributed by atoms with Gasteiger partial charge in [-0.3, -0.25) is 4.79 Å². The summed E-state index contributed by atoms with van der Waals surface area (Å²) in [5, 5.41) is 21.0. The summed E-state index contributed by atoms with van der Waals surface area (Å²) in [6, 6.07) is 7.25. The zero-order valence-electron chi connectivity index (χ0n) is 20.2. The molecule has 2 aliphatic heterocycles. The first-order valence-corrected chi connectivity index (χ1v) is 11.8. The summed E-state index contributed by atoms with van der Waals surface area (Å²) in [6.45, 7) is 3.18. The summed E-state index contributed by atoms with van der Waals surface area (Å²) in [5.41, 5.74) is -2.00. The van der Waals surface area contributed by atoms with Gasteiger partial charge in [0.1, 0.15) is 11.6 Å². The largest absolute Gasteiger partial charge is 0.465 e. The zero-order chi connectivity index (χ0) is 27.3. The molecule has 2 heterocycles. The van der Waals surface area contributed by atoms with Crippen LogP contribution in [0.5, 0.6) is 0 Å². The number of hydrogen-bond donors (Lipinski definition) is 2. The minimum Gasteiger partial charge on any atom is -0.465 e. The molecule has 0 aromatic heterocycles. The van der Waals surface area contributed by atoms with Crippen LogP contribution >= 0.6 is 0 Å². The van der Waals surface area contributed by atoms with Gasteiger partial charge in [-0.15, -0.1) is 0 Å². The van der Waals surface area contributed by atoms with Gasteiger partial charge in [-0.2, -0.15) is 13.2 Å². The van der Waals surface area contributed by atoms with E-state index in [2.05, 4.69) is 0 Å². The molecule has 5 atom stereocenters. The summed E-state index contributed by atoms with van der Waals surface area (Å²) >= 11 is 0. The summed E-state index contributed by atoms with van der Waals surface area (Å²) in [5.74, 6) is -4.99. The van der Waals surface area contributed by atoms with Crippen molar-refractivity contribution < 1.29 is 41.8 Å². The predicted octanol–water partition coefficient (Wildman–Crippen LogP) is 4.68. The van der Waals surface area contributed by atoms with E-state index in [4.69, 9.17) is 0 Å². The predicted molar refractivity (Wildman–Crippen MR) is 122 cm³/mol. The molecule has 0 aliphatic carbocycles. The number of piperidine rings is 1. The van der Waals surface area contributed by atoms with Crippen LogP contribution in [0.25, 0.3) is 0 Å². The Bertz CT molecular complexity index is 1170. The second-order valence-corrected chi connectivity index (χ2v) is 10.0. The number of halogens is 5. The first kappa shape index (κ1) is 26.8. The highest BCUT2D eigenvalue weighted by molar-refractivity contribution is 5.82. The Morgan fingerprint density at radius 1 is 0.919 bits per heavy atom. The summed E-state index contributed by atoms with van der Waals surface area (Å²) < 4.78 is 67.0. The third-order valence-corrected chi connectivity index (χ3v) is 7.75. The van der Waals surface area contributed by atoms with Gasteiger partial charge in [0, 0.05) is 50.0 Å². The molecule has 0 bridgehead atoms. The molecule has 0 spiro atoms. The maximum absolute atomic E-state index is 14.6. The first-order valence-electron chi connectivity index (χ1n) is 11.8. The molecule has 37 heavy (non-hydrogen) atoms. The van der Waals surface area contributed by atoms with Crippen LogP contribution in [-0.4, -0.2) is 58.2 Å². The Kier molecular flexibility index (Phi) is 6.96. The molecule has 11 heteroatoms. The van der Waals surface area contributed by atoms with Gasteiger partial charge in [0.15, 0.2) is 0 Å². The number of rotatable bonds is 3. The van der Waals surface area contributed by atoms with E-state index in [0.717, 1.165) is 23.1 Å². The zero-order valence-corrected chi connectivity index (χ0v) is 20.2. The molecule has 1 unspecified atom stereocenters. The smallest absolute Gasteiger partial charge is 0.416 e. The van der Waals surface area contributed by atoms with Crippen LogP contribution in [0.2, 0.25) is 0 Å². The van der Waals surface area contributed by atoms with E-state index in [1.165, 1.54) is 23.1 Å². The van der Waals surface area contributed by atoms with Gasteiger partial charge in [-0.05, 0) is 29.3 Å². The monoisotopic (exact) mass is 526 g/mol. The number of carboxylic acid groups (broad SMARTS) is 1. The fourth-order valence-corrected chi connectivity index (χ4v) is 5.74. The minimum absolute atomic E-state index is 0.0443. The standard InChI is InChI=1S/C26H27F5N2O4/c1-14-10-32(11-15(2)25(14,37)16-3-5-17(6-4-16)26(29,30)31)23(34)21-13-33(24(35)36)12-20(21)19-8-7-18(27)9-22(19)28/h3-9,14-15,20-21,37H,10-13H2,1-2H3,(H,35,36)/t14-,15+,20-,21+,25?/m0/s1. The number of hydrogen-bond acceptors (Lipinski definition) is 3. The van der Waals surface area contributed by atoms with Crippen LogP contribution in [0.3, 0.4) is 0 Å². The number of aliphatic hydroxyl groups is 1. The molecule has 0 saturated carbocycles. The average molecular weight is 527 g/mol.